The van der Waals surface area contributed by atoms with Gasteiger partial charge in [-0.3, -0.25) is 15.0 Å². The number of nitro benzene ring substituents is 1. The molecule has 7 nitrogen and oxygen atoms in total. The van der Waals surface area contributed by atoms with E-state index >= 15 is 0 Å². The number of non-ortho nitro benzene ring substituents is 1. The Morgan fingerprint density at radius 3 is 2.72 bits per heavy atom. The molecule has 0 bridgehead atoms. The molecule has 0 radical (unpaired) electrons. The van der Waals surface area contributed by atoms with Crippen LogP contribution in [0.2, 0.25) is 0 Å². The van der Waals surface area contributed by atoms with Crippen molar-refractivity contribution in [3.8, 4) is 0 Å². The first-order valence-corrected chi connectivity index (χ1v) is 5.30. The first kappa shape index (κ1) is 13.9. The summed E-state index contributed by atoms with van der Waals surface area (Å²) in [6.45, 7) is 3.34. The molecular formula is C11H14N2O5. The fourth-order valence-electron chi connectivity index (χ4n) is 1.34. The highest BCUT2D eigenvalue weighted by Crippen LogP contribution is 2.15. The minimum Gasteiger partial charge on any atom is -0.463 e. The van der Waals surface area contributed by atoms with Crippen LogP contribution >= 0.6 is 0 Å². The summed E-state index contributed by atoms with van der Waals surface area (Å²) in [6.07, 6.45) is -1.53. The summed E-state index contributed by atoms with van der Waals surface area (Å²) in [6, 6.07) is 5.77. The van der Waals surface area contributed by atoms with Gasteiger partial charge in [-0.15, -0.1) is 0 Å². The lowest BCUT2D eigenvalue weighted by Gasteiger charge is -2.20. The van der Waals surface area contributed by atoms with Crippen molar-refractivity contribution >= 4 is 11.8 Å². The Bertz CT molecular complexity index is 447. The Kier molecular flexibility index (Phi) is 4.61. The summed E-state index contributed by atoms with van der Waals surface area (Å²) in [4.78, 5) is 26.1. The number of rotatable bonds is 5. The van der Waals surface area contributed by atoms with E-state index in [4.69, 9.17) is 9.94 Å². The van der Waals surface area contributed by atoms with Crippen LogP contribution in [0.1, 0.15) is 19.4 Å². The third-order valence-electron chi connectivity index (χ3n) is 2.00. The number of amides is 1. The Hall–Kier alpha value is -2.15. The molecule has 1 N–H and O–H groups in total. The van der Waals surface area contributed by atoms with E-state index in [0.717, 1.165) is 5.06 Å². The molecule has 0 aliphatic carbocycles. The summed E-state index contributed by atoms with van der Waals surface area (Å²) in [5.74, 6) is 0. The minimum absolute atomic E-state index is 0.0603. The third kappa shape index (κ3) is 4.02. The molecule has 1 amide bonds. The maximum absolute atomic E-state index is 10.9. The first-order valence-electron chi connectivity index (χ1n) is 5.30. The van der Waals surface area contributed by atoms with Crippen LogP contribution in [0.3, 0.4) is 0 Å². The number of carboxylic acid groups (broad SMARTS) is 1. The summed E-state index contributed by atoms with van der Waals surface area (Å²) in [5, 5.41) is 20.3. The van der Waals surface area contributed by atoms with Crippen molar-refractivity contribution in [1.82, 2.24) is 5.06 Å². The van der Waals surface area contributed by atoms with Gasteiger partial charge in [-0.2, -0.15) is 5.06 Å². The largest absolute Gasteiger partial charge is 0.463 e. The lowest BCUT2D eigenvalue weighted by Crippen LogP contribution is -2.31. The van der Waals surface area contributed by atoms with Crippen LogP contribution in [0.4, 0.5) is 10.5 Å². The van der Waals surface area contributed by atoms with Crippen LogP contribution in [-0.4, -0.2) is 27.3 Å². The molecule has 98 valence electrons. The second-order valence-corrected chi connectivity index (χ2v) is 3.90. The van der Waals surface area contributed by atoms with Crippen LogP contribution in [0.25, 0.3) is 0 Å². The topological polar surface area (TPSA) is 92.9 Å². The Labute approximate surface area is 104 Å². The maximum atomic E-state index is 10.9. The summed E-state index contributed by atoms with van der Waals surface area (Å²) in [5.41, 5.74) is 0.412. The zero-order valence-electron chi connectivity index (χ0n) is 10.1. The van der Waals surface area contributed by atoms with Gasteiger partial charge >= 0.3 is 6.09 Å². The average molecular weight is 254 g/mol. The zero-order chi connectivity index (χ0) is 13.7. The van der Waals surface area contributed by atoms with Gasteiger partial charge in [-0.1, -0.05) is 12.1 Å². The van der Waals surface area contributed by atoms with E-state index in [9.17, 15) is 14.9 Å². The molecule has 18 heavy (non-hydrogen) atoms. The maximum Gasteiger partial charge on any atom is 0.431 e. The minimum atomic E-state index is -1.24. The monoisotopic (exact) mass is 254 g/mol. The fraction of sp³-hybridized carbons (Fsp3) is 0.364. The molecule has 0 saturated heterocycles. The third-order valence-corrected chi connectivity index (χ3v) is 2.00. The van der Waals surface area contributed by atoms with Gasteiger partial charge in [-0.25, -0.2) is 4.79 Å². The van der Waals surface area contributed by atoms with Crippen LogP contribution in [-0.2, 0) is 11.4 Å². The molecule has 0 saturated carbocycles. The van der Waals surface area contributed by atoms with Gasteiger partial charge in [0, 0.05) is 12.1 Å². The number of nitro groups is 1. The summed E-state index contributed by atoms with van der Waals surface area (Å²) >= 11 is 0. The molecule has 0 aliphatic heterocycles. The van der Waals surface area contributed by atoms with Crippen molar-refractivity contribution in [2.45, 2.75) is 26.5 Å². The Morgan fingerprint density at radius 2 is 2.22 bits per heavy atom. The molecule has 0 unspecified atom stereocenters. The lowest BCUT2D eigenvalue weighted by molar-refractivity contribution is -0.385. The first-order chi connectivity index (χ1) is 8.40. The van der Waals surface area contributed by atoms with E-state index in [1.165, 1.54) is 18.2 Å². The zero-order valence-corrected chi connectivity index (χ0v) is 10.1. The van der Waals surface area contributed by atoms with E-state index in [1.807, 2.05) is 0 Å². The van der Waals surface area contributed by atoms with Gasteiger partial charge in [0.1, 0.15) is 0 Å². The molecular weight excluding hydrogens is 240 g/mol. The van der Waals surface area contributed by atoms with Crippen molar-refractivity contribution in [3.05, 3.63) is 39.9 Å². The fourth-order valence-corrected chi connectivity index (χ4v) is 1.34. The summed E-state index contributed by atoms with van der Waals surface area (Å²) in [7, 11) is 0. The summed E-state index contributed by atoms with van der Waals surface area (Å²) < 4.78 is 0. The van der Waals surface area contributed by atoms with Crippen molar-refractivity contribution in [2.75, 3.05) is 0 Å². The van der Waals surface area contributed by atoms with Crippen molar-refractivity contribution in [2.24, 2.45) is 0 Å². The highest BCUT2D eigenvalue weighted by atomic mass is 16.7. The molecule has 1 rings (SSSR count). The highest BCUT2D eigenvalue weighted by molar-refractivity contribution is 5.63. The second-order valence-electron chi connectivity index (χ2n) is 3.90. The number of benzene rings is 1. The van der Waals surface area contributed by atoms with Gasteiger partial charge in [-0.05, 0) is 19.4 Å². The molecule has 0 spiro atoms. The van der Waals surface area contributed by atoms with Crippen LogP contribution in [0.15, 0.2) is 24.3 Å². The molecule has 0 fully saturated rings. The number of nitrogens with zero attached hydrogens (tertiary/aromatic N) is 2. The Balaban J connectivity index is 2.83. The van der Waals surface area contributed by atoms with Crippen LogP contribution < -0.4 is 0 Å². The highest BCUT2D eigenvalue weighted by Gasteiger charge is 2.16. The van der Waals surface area contributed by atoms with E-state index < -0.39 is 11.0 Å². The van der Waals surface area contributed by atoms with E-state index in [1.54, 1.807) is 19.9 Å². The number of hydroxylamine groups is 2. The predicted octanol–water partition coefficient (Wildman–Crippen LogP) is 2.41. The van der Waals surface area contributed by atoms with Crippen LogP contribution in [0, 0.1) is 10.1 Å². The van der Waals surface area contributed by atoms with E-state index in [0.29, 0.717) is 5.56 Å². The van der Waals surface area contributed by atoms with Gasteiger partial charge in [0.05, 0.1) is 17.6 Å². The van der Waals surface area contributed by atoms with E-state index in [2.05, 4.69) is 0 Å². The predicted molar refractivity (Wildman–Crippen MR) is 62.9 cm³/mol. The lowest BCUT2D eigenvalue weighted by atomic mass is 10.2. The van der Waals surface area contributed by atoms with Crippen molar-refractivity contribution in [1.29, 1.82) is 0 Å². The number of carbonyl (C=O) groups is 1. The molecule has 0 aromatic heterocycles. The standard InChI is InChI=1S/C11H14N2O5/c1-8(2)18-12(11(14)15)7-9-4-3-5-10(6-9)13(16)17/h3-6,8H,7H2,1-2H3,(H,14,15). The molecule has 0 atom stereocenters. The van der Waals surface area contributed by atoms with Crippen molar-refractivity contribution in [3.63, 3.8) is 0 Å². The number of hydrogen-bond acceptors (Lipinski definition) is 4. The van der Waals surface area contributed by atoms with Crippen molar-refractivity contribution < 1.29 is 19.7 Å². The van der Waals surface area contributed by atoms with Crippen LogP contribution in [0.5, 0.6) is 0 Å². The van der Waals surface area contributed by atoms with Gasteiger partial charge < -0.3 is 5.11 Å². The SMILES string of the molecule is CC(C)ON(Cc1cccc([N+](=O)[O-])c1)C(=O)O. The van der Waals surface area contributed by atoms with Gasteiger partial charge in [0.2, 0.25) is 0 Å². The molecule has 7 heteroatoms. The van der Waals surface area contributed by atoms with Gasteiger partial charge in [0.15, 0.2) is 0 Å². The average Bonchev–Trinajstić information content (AvgIpc) is 2.27. The number of hydrogen-bond donors (Lipinski definition) is 1. The molecule has 0 heterocycles. The normalized spacial score (nSPS) is 10.4. The molecule has 0 aliphatic rings. The molecule has 1 aromatic rings. The second kappa shape index (κ2) is 5.97. The van der Waals surface area contributed by atoms with E-state index in [-0.39, 0.29) is 18.3 Å². The molecule has 1 aromatic carbocycles. The quantitative estimate of drug-likeness (QED) is 0.643. The van der Waals surface area contributed by atoms with Gasteiger partial charge in [0.25, 0.3) is 5.69 Å². The smallest absolute Gasteiger partial charge is 0.431 e. The Morgan fingerprint density at radius 1 is 1.56 bits per heavy atom.